The van der Waals surface area contributed by atoms with Gasteiger partial charge in [0.1, 0.15) is 0 Å². The van der Waals surface area contributed by atoms with E-state index in [9.17, 15) is 0 Å². The first-order valence-electron chi connectivity index (χ1n) is 6.86. The fourth-order valence-electron chi connectivity index (χ4n) is 2.31. The molecule has 1 radical (unpaired) electrons. The van der Waals surface area contributed by atoms with Crippen LogP contribution in [-0.2, 0) is 0 Å². The van der Waals surface area contributed by atoms with Gasteiger partial charge in [0.2, 0.25) is 0 Å². The van der Waals surface area contributed by atoms with Crippen molar-refractivity contribution in [3.63, 3.8) is 0 Å². The van der Waals surface area contributed by atoms with E-state index in [1.54, 1.807) is 0 Å². The van der Waals surface area contributed by atoms with Gasteiger partial charge in [-0.2, -0.15) is 0 Å². The molecule has 0 atom stereocenters. The van der Waals surface area contributed by atoms with Crippen LogP contribution in [0.5, 0.6) is 0 Å². The lowest BCUT2D eigenvalue weighted by molar-refractivity contribution is 0.615. The minimum absolute atomic E-state index is 0.792. The molecule has 0 saturated heterocycles. The van der Waals surface area contributed by atoms with Gasteiger partial charge in [-0.25, -0.2) is 0 Å². The van der Waals surface area contributed by atoms with E-state index >= 15 is 0 Å². The van der Waals surface area contributed by atoms with Crippen LogP contribution in [-0.4, -0.2) is 12.5 Å². The van der Waals surface area contributed by atoms with Crippen molar-refractivity contribution in [2.75, 3.05) is 4.90 Å². The Labute approximate surface area is 125 Å². The second kappa shape index (κ2) is 6.29. The van der Waals surface area contributed by atoms with Crippen LogP contribution < -0.4 is 10.4 Å². The highest BCUT2D eigenvalue weighted by Crippen LogP contribution is 2.33. The maximum Gasteiger partial charge on any atom is 0.326 e. The molecule has 2 nitrogen and oxygen atoms in total. The summed E-state index contributed by atoms with van der Waals surface area (Å²) in [6.07, 6.45) is 0. The van der Waals surface area contributed by atoms with E-state index in [-0.39, 0.29) is 0 Å². The molecule has 21 heavy (non-hydrogen) atoms. The van der Waals surface area contributed by atoms with Crippen LogP contribution in [0.15, 0.2) is 84.9 Å². The van der Waals surface area contributed by atoms with E-state index in [0.29, 0.717) is 0 Å². The lowest BCUT2D eigenvalue weighted by Gasteiger charge is -2.25. The van der Waals surface area contributed by atoms with Crippen LogP contribution in [0.25, 0.3) is 0 Å². The maximum absolute atomic E-state index is 9.06. The van der Waals surface area contributed by atoms with Gasteiger partial charge in [0, 0.05) is 17.1 Å². The van der Waals surface area contributed by atoms with E-state index in [4.69, 9.17) is 5.02 Å². The highest BCUT2D eigenvalue weighted by atomic mass is 16.2. The second-order valence-corrected chi connectivity index (χ2v) is 4.73. The molecule has 0 aliphatic heterocycles. The van der Waals surface area contributed by atoms with Crippen molar-refractivity contribution >= 4 is 30.0 Å². The Hall–Kier alpha value is -2.52. The molecule has 0 bridgehead atoms. The predicted molar refractivity (Wildman–Crippen MR) is 88.7 cm³/mol. The van der Waals surface area contributed by atoms with Crippen molar-refractivity contribution in [1.29, 1.82) is 0 Å². The zero-order chi connectivity index (χ0) is 14.5. The number of nitrogens with zero attached hydrogens (tertiary/aromatic N) is 1. The van der Waals surface area contributed by atoms with Gasteiger partial charge in [0.25, 0.3) is 0 Å². The van der Waals surface area contributed by atoms with Gasteiger partial charge in [-0.3, -0.25) is 0 Å². The number of rotatable bonds is 4. The third-order valence-corrected chi connectivity index (χ3v) is 3.33. The smallest absolute Gasteiger partial charge is 0.326 e. The van der Waals surface area contributed by atoms with Crippen LogP contribution in [0.2, 0.25) is 0 Å². The van der Waals surface area contributed by atoms with Crippen molar-refractivity contribution in [1.82, 2.24) is 0 Å². The normalized spacial score (nSPS) is 10.1. The highest BCUT2D eigenvalue weighted by Gasteiger charge is 2.11. The Morgan fingerprint density at radius 2 is 1.00 bits per heavy atom. The van der Waals surface area contributed by atoms with Crippen molar-refractivity contribution in [3.8, 4) is 0 Å². The molecule has 3 heteroatoms. The van der Waals surface area contributed by atoms with Crippen LogP contribution >= 0.6 is 0 Å². The van der Waals surface area contributed by atoms with E-state index in [1.807, 2.05) is 60.7 Å². The standard InChI is InChI=1S/C18H15BNO/c21-19-15-11-13-18(14-12-15)20(16-7-3-1-4-8-16)17-9-5-2-6-10-17/h1-14,21H. The molecule has 3 rings (SSSR count). The summed E-state index contributed by atoms with van der Waals surface area (Å²) in [6.45, 7) is 0. The molecular weight excluding hydrogens is 257 g/mol. The molecule has 101 valence electrons. The Bertz CT molecular complexity index is 644. The minimum Gasteiger partial charge on any atom is -0.450 e. The SMILES string of the molecule is O[B]c1ccc(N(c2ccccc2)c2ccccc2)cc1. The van der Waals surface area contributed by atoms with Crippen LogP contribution in [0.3, 0.4) is 0 Å². The number of hydrogen-bond acceptors (Lipinski definition) is 2. The first-order valence-corrected chi connectivity index (χ1v) is 6.86. The van der Waals surface area contributed by atoms with Crippen LogP contribution in [0.1, 0.15) is 0 Å². The fraction of sp³-hybridized carbons (Fsp3) is 0. The van der Waals surface area contributed by atoms with Gasteiger partial charge in [0.15, 0.2) is 0 Å². The topological polar surface area (TPSA) is 23.5 Å². The van der Waals surface area contributed by atoms with Gasteiger partial charge >= 0.3 is 7.48 Å². The predicted octanol–water partition coefficient (Wildman–Crippen LogP) is 3.39. The number of anilines is 3. The van der Waals surface area contributed by atoms with Gasteiger partial charge in [-0.1, -0.05) is 54.0 Å². The Morgan fingerprint density at radius 3 is 1.43 bits per heavy atom. The van der Waals surface area contributed by atoms with Gasteiger partial charge < -0.3 is 9.92 Å². The fourth-order valence-corrected chi connectivity index (χ4v) is 2.31. The van der Waals surface area contributed by atoms with Crippen molar-refractivity contribution in [3.05, 3.63) is 84.9 Å². The molecule has 3 aromatic rings. The van der Waals surface area contributed by atoms with Crippen LogP contribution in [0, 0.1) is 0 Å². The first kappa shape index (κ1) is 13.5. The molecule has 0 fully saturated rings. The van der Waals surface area contributed by atoms with Gasteiger partial charge in [-0.15, -0.1) is 0 Å². The quantitative estimate of drug-likeness (QED) is 0.736. The van der Waals surface area contributed by atoms with Crippen molar-refractivity contribution in [2.24, 2.45) is 0 Å². The van der Waals surface area contributed by atoms with E-state index < -0.39 is 0 Å². The molecule has 0 saturated carbocycles. The molecule has 1 N–H and O–H groups in total. The zero-order valence-electron chi connectivity index (χ0n) is 11.6. The average molecular weight is 272 g/mol. The summed E-state index contributed by atoms with van der Waals surface area (Å²) in [5, 5.41) is 9.06. The van der Waals surface area contributed by atoms with Gasteiger partial charge in [0.05, 0.1) is 0 Å². The third kappa shape index (κ3) is 2.98. The molecule has 0 aliphatic carbocycles. The summed E-state index contributed by atoms with van der Waals surface area (Å²) >= 11 is 0. The zero-order valence-corrected chi connectivity index (χ0v) is 11.6. The summed E-state index contributed by atoms with van der Waals surface area (Å²) in [7, 11) is 1.11. The van der Waals surface area contributed by atoms with Crippen LogP contribution in [0.4, 0.5) is 17.1 Å². The highest BCUT2D eigenvalue weighted by molar-refractivity contribution is 6.45. The number of hydrogen-bond donors (Lipinski definition) is 1. The minimum atomic E-state index is 0.792. The molecule has 0 aliphatic rings. The Balaban J connectivity index is 2.07. The average Bonchev–Trinajstić information content (AvgIpc) is 2.58. The lowest BCUT2D eigenvalue weighted by Crippen LogP contribution is -2.15. The molecular formula is C18H15BNO. The number of benzene rings is 3. The monoisotopic (exact) mass is 272 g/mol. The lowest BCUT2D eigenvalue weighted by atomic mass is 9.89. The van der Waals surface area contributed by atoms with E-state index in [1.165, 1.54) is 0 Å². The molecule has 3 aromatic carbocycles. The first-order chi connectivity index (χ1) is 10.4. The summed E-state index contributed by atoms with van der Waals surface area (Å²) in [6, 6.07) is 28.3. The molecule has 0 amide bonds. The van der Waals surface area contributed by atoms with Crippen molar-refractivity contribution < 1.29 is 5.02 Å². The van der Waals surface area contributed by atoms with Crippen molar-refractivity contribution in [2.45, 2.75) is 0 Å². The van der Waals surface area contributed by atoms with Gasteiger partial charge in [-0.05, 0) is 36.4 Å². The molecule has 0 unspecified atom stereocenters. The summed E-state index contributed by atoms with van der Waals surface area (Å²) in [4.78, 5) is 2.18. The second-order valence-electron chi connectivity index (χ2n) is 4.73. The van der Waals surface area contributed by atoms with E-state index in [2.05, 4.69) is 29.2 Å². The largest absolute Gasteiger partial charge is 0.450 e. The molecule has 0 aromatic heterocycles. The molecule has 0 spiro atoms. The Morgan fingerprint density at radius 1 is 0.571 bits per heavy atom. The summed E-state index contributed by atoms with van der Waals surface area (Å²) in [5.41, 5.74) is 4.05. The summed E-state index contributed by atoms with van der Waals surface area (Å²) < 4.78 is 0. The number of para-hydroxylation sites is 2. The van der Waals surface area contributed by atoms with E-state index in [0.717, 1.165) is 30.0 Å². The summed E-state index contributed by atoms with van der Waals surface area (Å²) in [5.74, 6) is 0. The Kier molecular flexibility index (Phi) is 4.03. The third-order valence-electron chi connectivity index (χ3n) is 3.33. The molecule has 0 heterocycles. The maximum atomic E-state index is 9.06.